The molecule has 0 radical (unpaired) electrons. The summed E-state index contributed by atoms with van der Waals surface area (Å²) in [7, 11) is 3.05. The van der Waals surface area contributed by atoms with Gasteiger partial charge in [0.25, 0.3) is 0 Å². The second-order valence-electron chi connectivity index (χ2n) is 4.53. The van der Waals surface area contributed by atoms with Gasteiger partial charge in [0, 0.05) is 10.6 Å². The van der Waals surface area contributed by atoms with Crippen LogP contribution in [-0.4, -0.2) is 20.1 Å². The molecule has 0 saturated heterocycles. The van der Waals surface area contributed by atoms with E-state index >= 15 is 0 Å². The van der Waals surface area contributed by atoms with E-state index in [0.29, 0.717) is 22.1 Å². The highest BCUT2D eigenvalue weighted by molar-refractivity contribution is 6.30. The van der Waals surface area contributed by atoms with Gasteiger partial charge in [0.15, 0.2) is 0 Å². The molecule has 0 aromatic heterocycles. The van der Waals surface area contributed by atoms with Crippen molar-refractivity contribution < 1.29 is 18.7 Å². The lowest BCUT2D eigenvalue weighted by molar-refractivity contribution is -0.115. The number of ether oxygens (including phenoxy) is 2. The first-order valence-electron chi connectivity index (χ1n) is 6.49. The third-order valence-electron chi connectivity index (χ3n) is 3.04. The van der Waals surface area contributed by atoms with Crippen molar-refractivity contribution in [3.63, 3.8) is 0 Å². The summed E-state index contributed by atoms with van der Waals surface area (Å²) in [4.78, 5) is 12.1. The van der Waals surface area contributed by atoms with Crippen LogP contribution in [0.2, 0.25) is 5.02 Å². The van der Waals surface area contributed by atoms with Gasteiger partial charge in [0.1, 0.15) is 17.3 Å². The van der Waals surface area contributed by atoms with Crippen molar-refractivity contribution in [3.8, 4) is 11.5 Å². The van der Waals surface area contributed by atoms with E-state index in [4.69, 9.17) is 21.1 Å². The van der Waals surface area contributed by atoms with Crippen molar-refractivity contribution in [2.75, 3.05) is 19.5 Å². The van der Waals surface area contributed by atoms with Crippen molar-refractivity contribution in [1.29, 1.82) is 0 Å². The average Bonchev–Trinajstić information content (AvgIpc) is 2.50. The van der Waals surface area contributed by atoms with Crippen LogP contribution in [0.25, 0.3) is 0 Å². The Balaban J connectivity index is 2.16. The predicted octanol–water partition coefficient (Wildman–Crippen LogP) is 3.68. The maximum atomic E-state index is 13.6. The summed E-state index contributed by atoms with van der Waals surface area (Å²) in [6.45, 7) is 0. The number of benzene rings is 2. The highest BCUT2D eigenvalue weighted by atomic mass is 35.5. The Morgan fingerprint density at radius 3 is 2.64 bits per heavy atom. The summed E-state index contributed by atoms with van der Waals surface area (Å²) in [5.74, 6) is 0.239. The molecule has 0 spiro atoms. The minimum atomic E-state index is -0.546. The van der Waals surface area contributed by atoms with E-state index in [1.165, 1.54) is 32.4 Å². The van der Waals surface area contributed by atoms with Gasteiger partial charge >= 0.3 is 0 Å². The normalized spacial score (nSPS) is 10.2. The average molecular weight is 324 g/mol. The Bertz CT molecular complexity index is 691. The van der Waals surface area contributed by atoms with Crippen LogP contribution in [0.3, 0.4) is 0 Å². The Kier molecular flexibility index (Phi) is 5.22. The minimum absolute atomic E-state index is 0.0202. The largest absolute Gasteiger partial charge is 0.497 e. The summed E-state index contributed by atoms with van der Waals surface area (Å²) < 4.78 is 23.9. The van der Waals surface area contributed by atoms with Crippen LogP contribution in [0.4, 0.5) is 10.1 Å². The van der Waals surface area contributed by atoms with Crippen LogP contribution in [0.1, 0.15) is 5.56 Å². The van der Waals surface area contributed by atoms with Crippen molar-refractivity contribution in [3.05, 3.63) is 52.8 Å². The molecule has 6 heteroatoms. The fourth-order valence-electron chi connectivity index (χ4n) is 1.98. The van der Waals surface area contributed by atoms with E-state index in [1.54, 1.807) is 18.2 Å². The topological polar surface area (TPSA) is 47.6 Å². The van der Waals surface area contributed by atoms with Crippen molar-refractivity contribution in [2.45, 2.75) is 6.42 Å². The second-order valence-corrected chi connectivity index (χ2v) is 4.96. The number of nitrogens with one attached hydrogen (secondary N) is 1. The van der Waals surface area contributed by atoms with E-state index in [2.05, 4.69) is 5.32 Å². The molecule has 0 bridgehead atoms. The monoisotopic (exact) mass is 323 g/mol. The quantitative estimate of drug-likeness (QED) is 0.913. The molecule has 4 nitrogen and oxygen atoms in total. The molecule has 0 heterocycles. The number of carbonyl (C=O) groups excluding carboxylic acids is 1. The predicted molar refractivity (Wildman–Crippen MR) is 83.3 cm³/mol. The Hall–Kier alpha value is -2.27. The van der Waals surface area contributed by atoms with Crippen LogP contribution < -0.4 is 14.8 Å². The van der Waals surface area contributed by atoms with E-state index in [1.807, 2.05) is 0 Å². The van der Waals surface area contributed by atoms with Crippen LogP contribution in [-0.2, 0) is 11.2 Å². The Morgan fingerprint density at radius 1 is 1.18 bits per heavy atom. The number of carbonyl (C=O) groups is 1. The lowest BCUT2D eigenvalue weighted by Gasteiger charge is -2.11. The number of methoxy groups -OCH3 is 2. The molecule has 0 saturated carbocycles. The Morgan fingerprint density at radius 2 is 1.95 bits per heavy atom. The summed E-state index contributed by atoms with van der Waals surface area (Å²) in [5, 5.41) is 2.84. The number of hydrogen-bond donors (Lipinski definition) is 1. The summed E-state index contributed by atoms with van der Waals surface area (Å²) in [6.07, 6.45) is 0.0202. The number of halogens is 2. The SMILES string of the molecule is COc1ccc(OC)c(CC(=O)Nc2cc(Cl)ccc2F)c1. The van der Waals surface area contributed by atoms with Gasteiger partial charge in [-0.15, -0.1) is 0 Å². The molecule has 0 aliphatic carbocycles. The number of rotatable bonds is 5. The van der Waals surface area contributed by atoms with Gasteiger partial charge in [-0.25, -0.2) is 4.39 Å². The van der Waals surface area contributed by atoms with Gasteiger partial charge in [-0.2, -0.15) is 0 Å². The lowest BCUT2D eigenvalue weighted by Crippen LogP contribution is -2.16. The summed E-state index contributed by atoms with van der Waals surface area (Å²) in [5.41, 5.74) is 0.682. The van der Waals surface area contributed by atoms with Crippen LogP contribution >= 0.6 is 11.6 Å². The molecule has 0 aliphatic heterocycles. The lowest BCUT2D eigenvalue weighted by atomic mass is 10.1. The minimum Gasteiger partial charge on any atom is -0.497 e. The molecule has 2 aromatic carbocycles. The molecule has 0 atom stereocenters. The zero-order chi connectivity index (χ0) is 16.1. The van der Waals surface area contributed by atoms with E-state index in [9.17, 15) is 9.18 Å². The molecule has 0 fully saturated rings. The standard InChI is InChI=1S/C16H15ClFNO3/c1-21-12-4-6-15(22-2)10(7-12)8-16(20)19-14-9-11(17)3-5-13(14)18/h3-7,9H,8H2,1-2H3,(H,19,20). The van der Waals surface area contributed by atoms with Crippen LogP contribution in [0.5, 0.6) is 11.5 Å². The first-order valence-corrected chi connectivity index (χ1v) is 6.87. The van der Waals surface area contributed by atoms with Gasteiger partial charge in [0.2, 0.25) is 5.91 Å². The molecule has 1 N–H and O–H groups in total. The second kappa shape index (κ2) is 7.13. The van der Waals surface area contributed by atoms with E-state index in [-0.39, 0.29) is 18.0 Å². The first-order chi connectivity index (χ1) is 10.5. The maximum Gasteiger partial charge on any atom is 0.229 e. The zero-order valence-electron chi connectivity index (χ0n) is 12.2. The fraction of sp³-hybridized carbons (Fsp3) is 0.188. The molecule has 1 amide bonds. The highest BCUT2D eigenvalue weighted by Gasteiger charge is 2.12. The molecule has 0 aliphatic rings. The van der Waals surface area contributed by atoms with E-state index in [0.717, 1.165) is 0 Å². The maximum absolute atomic E-state index is 13.6. The number of hydrogen-bond acceptors (Lipinski definition) is 3. The first kappa shape index (κ1) is 16.1. The molecular weight excluding hydrogens is 309 g/mol. The number of anilines is 1. The van der Waals surface area contributed by atoms with Gasteiger partial charge in [-0.3, -0.25) is 4.79 Å². The van der Waals surface area contributed by atoms with Crippen LogP contribution in [0, 0.1) is 5.82 Å². The third kappa shape index (κ3) is 3.89. The number of amides is 1. The summed E-state index contributed by atoms with van der Waals surface area (Å²) in [6, 6.07) is 9.12. The van der Waals surface area contributed by atoms with Gasteiger partial charge in [-0.1, -0.05) is 11.6 Å². The fourth-order valence-corrected chi connectivity index (χ4v) is 2.15. The van der Waals surface area contributed by atoms with Crippen LogP contribution in [0.15, 0.2) is 36.4 Å². The molecular formula is C16H15ClFNO3. The van der Waals surface area contributed by atoms with Gasteiger partial charge < -0.3 is 14.8 Å². The van der Waals surface area contributed by atoms with Crippen molar-refractivity contribution >= 4 is 23.2 Å². The summed E-state index contributed by atoms with van der Waals surface area (Å²) >= 11 is 5.79. The van der Waals surface area contributed by atoms with Gasteiger partial charge in [-0.05, 0) is 36.4 Å². The smallest absolute Gasteiger partial charge is 0.229 e. The molecule has 0 unspecified atom stereocenters. The third-order valence-corrected chi connectivity index (χ3v) is 3.28. The molecule has 2 aromatic rings. The molecule has 116 valence electrons. The molecule has 2 rings (SSSR count). The zero-order valence-corrected chi connectivity index (χ0v) is 12.9. The highest BCUT2D eigenvalue weighted by Crippen LogP contribution is 2.25. The van der Waals surface area contributed by atoms with Gasteiger partial charge in [0.05, 0.1) is 26.3 Å². The van der Waals surface area contributed by atoms with E-state index < -0.39 is 5.82 Å². The molecule has 22 heavy (non-hydrogen) atoms. The Labute approximate surface area is 132 Å². The van der Waals surface area contributed by atoms with Crippen molar-refractivity contribution in [1.82, 2.24) is 0 Å². The van der Waals surface area contributed by atoms with Crippen molar-refractivity contribution in [2.24, 2.45) is 0 Å².